The molecule has 0 saturated heterocycles. The van der Waals surface area contributed by atoms with Gasteiger partial charge in [0.25, 0.3) is 0 Å². The number of rotatable bonds is 7. The maximum atomic E-state index is 6.27. The van der Waals surface area contributed by atoms with E-state index in [4.69, 9.17) is 11.6 Å². The highest BCUT2D eigenvalue weighted by molar-refractivity contribution is 6.31. The summed E-state index contributed by atoms with van der Waals surface area (Å²) in [5.41, 5.74) is 1.22. The van der Waals surface area contributed by atoms with E-state index in [0.717, 1.165) is 24.0 Å². The average molecular weight is 295 g/mol. The summed E-state index contributed by atoms with van der Waals surface area (Å²) in [6, 6.07) is 8.50. The Balaban J connectivity index is 1.71. The number of benzene rings is 1. The topological polar surface area (TPSA) is 15.3 Å². The number of nitrogens with zero attached hydrogens (tertiary/aromatic N) is 1. The van der Waals surface area contributed by atoms with Crippen molar-refractivity contribution in [3.8, 4) is 0 Å². The first-order valence-corrected chi connectivity index (χ1v) is 8.21. The Bertz CT molecular complexity index is 402. The Morgan fingerprint density at radius 2 is 2.00 bits per heavy atom. The summed E-state index contributed by atoms with van der Waals surface area (Å²) in [6.07, 6.45) is 5.68. The molecule has 1 aliphatic carbocycles. The molecule has 2 rings (SSSR count). The largest absolute Gasteiger partial charge is 0.315 e. The molecule has 0 aliphatic heterocycles. The third-order valence-electron chi connectivity index (χ3n) is 4.57. The minimum Gasteiger partial charge on any atom is -0.315 e. The lowest BCUT2D eigenvalue weighted by atomic mass is 10.1. The molecule has 0 heterocycles. The summed E-state index contributed by atoms with van der Waals surface area (Å²) in [4.78, 5) is 2.36. The minimum atomic E-state index is 0.358. The fraction of sp³-hybridized carbons (Fsp3) is 0.647. The Morgan fingerprint density at radius 3 is 2.70 bits per heavy atom. The molecule has 20 heavy (non-hydrogen) atoms. The van der Waals surface area contributed by atoms with Crippen LogP contribution in [-0.2, 0) is 0 Å². The van der Waals surface area contributed by atoms with Crippen molar-refractivity contribution in [3.05, 3.63) is 34.9 Å². The van der Waals surface area contributed by atoms with Crippen LogP contribution in [0.15, 0.2) is 24.3 Å². The zero-order valence-electron chi connectivity index (χ0n) is 12.7. The standard InChI is InChI=1S/C17H27ClN2/c1-14(16-9-5-6-10-17(16)18)20(2)12-11-19-13-15-7-3-4-8-15/h5-6,9-10,14-15,19H,3-4,7-8,11-13H2,1-2H3. The molecular weight excluding hydrogens is 268 g/mol. The first kappa shape index (κ1) is 15.8. The molecule has 0 aromatic heterocycles. The van der Waals surface area contributed by atoms with Gasteiger partial charge in [-0.15, -0.1) is 0 Å². The third-order valence-corrected chi connectivity index (χ3v) is 4.91. The molecule has 1 N–H and O–H groups in total. The Hall–Kier alpha value is -0.570. The van der Waals surface area contributed by atoms with Gasteiger partial charge in [0, 0.05) is 24.2 Å². The van der Waals surface area contributed by atoms with E-state index in [1.807, 2.05) is 12.1 Å². The van der Waals surface area contributed by atoms with Crippen molar-refractivity contribution >= 4 is 11.6 Å². The van der Waals surface area contributed by atoms with Crippen LogP contribution in [-0.4, -0.2) is 31.6 Å². The van der Waals surface area contributed by atoms with E-state index in [1.54, 1.807) is 0 Å². The quantitative estimate of drug-likeness (QED) is 0.761. The summed E-state index contributed by atoms with van der Waals surface area (Å²) >= 11 is 6.27. The van der Waals surface area contributed by atoms with Gasteiger partial charge in [0.1, 0.15) is 0 Å². The molecule has 0 bridgehead atoms. The molecule has 1 unspecified atom stereocenters. The number of likely N-dealkylation sites (N-methyl/N-ethyl adjacent to an activating group) is 1. The van der Waals surface area contributed by atoms with E-state index >= 15 is 0 Å². The van der Waals surface area contributed by atoms with Gasteiger partial charge in [0.2, 0.25) is 0 Å². The van der Waals surface area contributed by atoms with Gasteiger partial charge in [-0.25, -0.2) is 0 Å². The Labute approximate surface area is 128 Å². The highest BCUT2D eigenvalue weighted by atomic mass is 35.5. The molecule has 1 fully saturated rings. The second kappa shape index (κ2) is 8.02. The zero-order chi connectivity index (χ0) is 14.4. The van der Waals surface area contributed by atoms with Crippen LogP contribution < -0.4 is 5.32 Å². The Morgan fingerprint density at radius 1 is 1.30 bits per heavy atom. The molecule has 1 aromatic carbocycles. The lowest BCUT2D eigenvalue weighted by Crippen LogP contribution is -2.33. The predicted octanol–water partition coefficient (Wildman–Crippen LogP) is 4.11. The van der Waals surface area contributed by atoms with Crippen LogP contribution in [0.5, 0.6) is 0 Å². The summed E-state index contributed by atoms with van der Waals surface area (Å²) in [6.45, 7) is 5.52. The second-order valence-corrected chi connectivity index (χ2v) is 6.44. The van der Waals surface area contributed by atoms with Gasteiger partial charge >= 0.3 is 0 Å². The van der Waals surface area contributed by atoms with Gasteiger partial charge in [0.15, 0.2) is 0 Å². The van der Waals surface area contributed by atoms with E-state index in [1.165, 1.54) is 37.8 Å². The van der Waals surface area contributed by atoms with Crippen LogP contribution in [0, 0.1) is 5.92 Å². The van der Waals surface area contributed by atoms with Crippen molar-refractivity contribution < 1.29 is 0 Å². The van der Waals surface area contributed by atoms with Crippen LogP contribution in [0.3, 0.4) is 0 Å². The summed E-state index contributed by atoms with van der Waals surface area (Å²) < 4.78 is 0. The zero-order valence-corrected chi connectivity index (χ0v) is 13.5. The van der Waals surface area contributed by atoms with Crippen molar-refractivity contribution in [1.82, 2.24) is 10.2 Å². The lowest BCUT2D eigenvalue weighted by molar-refractivity contribution is 0.259. The smallest absolute Gasteiger partial charge is 0.0453 e. The van der Waals surface area contributed by atoms with Gasteiger partial charge < -0.3 is 5.32 Å². The van der Waals surface area contributed by atoms with Crippen molar-refractivity contribution in [2.45, 2.75) is 38.6 Å². The van der Waals surface area contributed by atoms with E-state index in [0.29, 0.717) is 6.04 Å². The fourth-order valence-corrected chi connectivity index (χ4v) is 3.31. The first-order valence-electron chi connectivity index (χ1n) is 7.84. The monoisotopic (exact) mass is 294 g/mol. The van der Waals surface area contributed by atoms with Crippen LogP contribution in [0.1, 0.15) is 44.2 Å². The van der Waals surface area contributed by atoms with Crippen molar-refractivity contribution in [1.29, 1.82) is 0 Å². The molecule has 2 nitrogen and oxygen atoms in total. The van der Waals surface area contributed by atoms with Crippen LogP contribution >= 0.6 is 11.6 Å². The fourth-order valence-electron chi connectivity index (χ4n) is 3.02. The molecule has 1 aromatic rings. The van der Waals surface area contributed by atoms with E-state index in [-0.39, 0.29) is 0 Å². The van der Waals surface area contributed by atoms with Crippen LogP contribution in [0.4, 0.5) is 0 Å². The van der Waals surface area contributed by atoms with Gasteiger partial charge in [-0.3, -0.25) is 4.90 Å². The van der Waals surface area contributed by atoms with E-state index < -0.39 is 0 Å². The molecule has 0 spiro atoms. The molecule has 0 amide bonds. The molecule has 0 radical (unpaired) electrons. The SMILES string of the molecule is CC(c1ccccc1Cl)N(C)CCNCC1CCCC1. The maximum absolute atomic E-state index is 6.27. The summed E-state index contributed by atoms with van der Waals surface area (Å²) in [5, 5.41) is 4.47. The second-order valence-electron chi connectivity index (χ2n) is 6.03. The third kappa shape index (κ3) is 4.47. The number of halogens is 1. The number of hydrogen-bond donors (Lipinski definition) is 1. The molecule has 1 atom stereocenters. The highest BCUT2D eigenvalue weighted by Gasteiger charge is 2.15. The van der Waals surface area contributed by atoms with Crippen molar-refractivity contribution in [3.63, 3.8) is 0 Å². The van der Waals surface area contributed by atoms with Gasteiger partial charge in [-0.05, 0) is 50.9 Å². The normalized spacial score (nSPS) is 17.8. The first-order chi connectivity index (χ1) is 9.68. The summed E-state index contributed by atoms with van der Waals surface area (Å²) in [5.74, 6) is 0.918. The maximum Gasteiger partial charge on any atom is 0.0453 e. The van der Waals surface area contributed by atoms with Gasteiger partial charge in [-0.1, -0.05) is 42.6 Å². The lowest BCUT2D eigenvalue weighted by Gasteiger charge is -2.26. The number of nitrogens with one attached hydrogen (secondary N) is 1. The highest BCUT2D eigenvalue weighted by Crippen LogP contribution is 2.26. The summed E-state index contributed by atoms with van der Waals surface area (Å²) in [7, 11) is 2.17. The van der Waals surface area contributed by atoms with Crippen LogP contribution in [0.2, 0.25) is 5.02 Å². The minimum absolute atomic E-state index is 0.358. The molecule has 3 heteroatoms. The molecular formula is C17H27ClN2. The van der Waals surface area contributed by atoms with E-state index in [2.05, 4.69) is 36.3 Å². The molecule has 1 saturated carbocycles. The molecule has 112 valence electrons. The molecule has 1 aliphatic rings. The van der Waals surface area contributed by atoms with Crippen molar-refractivity contribution in [2.75, 3.05) is 26.7 Å². The average Bonchev–Trinajstić information content (AvgIpc) is 2.96. The van der Waals surface area contributed by atoms with Gasteiger partial charge in [-0.2, -0.15) is 0 Å². The number of hydrogen-bond acceptors (Lipinski definition) is 2. The Kier molecular flexibility index (Phi) is 6.34. The van der Waals surface area contributed by atoms with Gasteiger partial charge in [0.05, 0.1) is 0 Å². The van der Waals surface area contributed by atoms with Crippen LogP contribution in [0.25, 0.3) is 0 Å². The van der Waals surface area contributed by atoms with Crippen molar-refractivity contribution in [2.24, 2.45) is 5.92 Å². The predicted molar refractivity (Wildman–Crippen MR) is 87.3 cm³/mol. The van der Waals surface area contributed by atoms with E-state index in [9.17, 15) is 0 Å².